The molecule has 1 saturated carbocycles. The molecule has 1 aliphatic rings. The van der Waals surface area contributed by atoms with Crippen molar-refractivity contribution in [1.29, 1.82) is 0 Å². The van der Waals surface area contributed by atoms with E-state index in [4.69, 9.17) is 0 Å². The molecule has 1 nitrogen and oxygen atoms in total. The van der Waals surface area contributed by atoms with Gasteiger partial charge in [0.05, 0.1) is 5.70 Å². The smallest absolute Gasteiger partial charge is 0.0615 e. The Labute approximate surface area is 87.6 Å². The highest BCUT2D eigenvalue weighted by Gasteiger charge is 2.26. The Morgan fingerprint density at radius 3 is 2.36 bits per heavy atom. The van der Waals surface area contributed by atoms with Gasteiger partial charge in [-0.1, -0.05) is 26.5 Å². The molecule has 1 heteroatoms. The monoisotopic (exact) mass is 191 g/mol. The molecule has 0 aromatic rings. The van der Waals surface area contributed by atoms with E-state index in [9.17, 15) is 0 Å². The molecule has 0 N–H and O–H groups in total. The molecule has 1 aliphatic carbocycles. The molecule has 1 fully saturated rings. The predicted octanol–water partition coefficient (Wildman–Crippen LogP) is 3.97. The zero-order chi connectivity index (χ0) is 10.7. The van der Waals surface area contributed by atoms with Crippen LogP contribution in [0, 0.1) is 11.8 Å². The fourth-order valence-corrected chi connectivity index (χ4v) is 1.28. The molecular formula is C13H21N. The summed E-state index contributed by atoms with van der Waals surface area (Å²) >= 11 is 0. The van der Waals surface area contributed by atoms with Crippen LogP contribution in [0.15, 0.2) is 28.9 Å². The lowest BCUT2D eigenvalue weighted by Gasteiger charge is -2.08. The van der Waals surface area contributed by atoms with E-state index < -0.39 is 0 Å². The lowest BCUT2D eigenvalue weighted by molar-refractivity contribution is 0.872. The number of aliphatic imine (C=N–C) groups is 1. The number of hydrogen-bond acceptors (Lipinski definition) is 1. The lowest BCUT2D eigenvalue weighted by atomic mass is 10.1. The number of allylic oxidation sites excluding steroid dienone is 2. The molecule has 0 amide bonds. The van der Waals surface area contributed by atoms with Crippen LogP contribution in [0.4, 0.5) is 0 Å². The van der Waals surface area contributed by atoms with Crippen molar-refractivity contribution < 1.29 is 0 Å². The third kappa shape index (κ3) is 2.83. The van der Waals surface area contributed by atoms with Crippen molar-refractivity contribution >= 4 is 5.71 Å². The summed E-state index contributed by atoms with van der Waals surface area (Å²) in [6, 6.07) is 0. The molecule has 78 valence electrons. The minimum absolute atomic E-state index is 0.525. The largest absolute Gasteiger partial charge is 0.258 e. The highest BCUT2D eigenvalue weighted by atomic mass is 14.8. The second-order valence-electron chi connectivity index (χ2n) is 4.38. The second-order valence-corrected chi connectivity index (χ2v) is 4.38. The summed E-state index contributed by atoms with van der Waals surface area (Å²) in [5.74, 6) is 1.24. The summed E-state index contributed by atoms with van der Waals surface area (Å²) < 4.78 is 0. The van der Waals surface area contributed by atoms with Gasteiger partial charge in [0, 0.05) is 5.71 Å². The van der Waals surface area contributed by atoms with Gasteiger partial charge < -0.3 is 0 Å². The summed E-state index contributed by atoms with van der Waals surface area (Å²) in [6.07, 6.45) is 4.67. The molecule has 0 saturated heterocycles. The highest BCUT2D eigenvalue weighted by Crippen LogP contribution is 2.39. The Kier molecular flexibility index (Phi) is 3.68. The molecule has 0 radical (unpaired) electrons. The van der Waals surface area contributed by atoms with E-state index in [-0.39, 0.29) is 0 Å². The Morgan fingerprint density at radius 2 is 2.00 bits per heavy atom. The molecule has 1 rings (SSSR count). The third-order valence-electron chi connectivity index (χ3n) is 2.80. The van der Waals surface area contributed by atoms with Crippen molar-refractivity contribution in [2.45, 2.75) is 40.5 Å². The maximum absolute atomic E-state index is 4.63. The summed E-state index contributed by atoms with van der Waals surface area (Å²) in [7, 11) is 0. The maximum atomic E-state index is 4.63. The van der Waals surface area contributed by atoms with Gasteiger partial charge in [-0.3, -0.25) is 4.99 Å². The van der Waals surface area contributed by atoms with E-state index >= 15 is 0 Å². The van der Waals surface area contributed by atoms with Crippen molar-refractivity contribution in [3.05, 3.63) is 23.9 Å². The molecule has 0 aliphatic heterocycles. The number of rotatable bonds is 4. The zero-order valence-corrected chi connectivity index (χ0v) is 9.80. The average molecular weight is 191 g/mol. The topological polar surface area (TPSA) is 12.4 Å². The van der Waals surface area contributed by atoms with Gasteiger partial charge in [-0.25, -0.2) is 0 Å². The summed E-state index contributed by atoms with van der Waals surface area (Å²) in [5, 5.41) is 0. The van der Waals surface area contributed by atoms with Gasteiger partial charge in [0.15, 0.2) is 0 Å². The van der Waals surface area contributed by atoms with Crippen LogP contribution < -0.4 is 0 Å². The molecular weight excluding hydrogens is 170 g/mol. The summed E-state index contributed by atoms with van der Waals surface area (Å²) in [5.41, 5.74) is 3.52. The Hall–Kier alpha value is -0.850. The third-order valence-corrected chi connectivity index (χ3v) is 2.80. The molecule has 0 atom stereocenters. The van der Waals surface area contributed by atoms with Crippen LogP contribution in [-0.2, 0) is 0 Å². The molecule has 14 heavy (non-hydrogen) atoms. The highest BCUT2D eigenvalue weighted by molar-refractivity contribution is 5.85. The van der Waals surface area contributed by atoms with Gasteiger partial charge in [-0.2, -0.15) is 0 Å². The second kappa shape index (κ2) is 4.59. The molecule has 0 aromatic heterocycles. The summed E-state index contributed by atoms with van der Waals surface area (Å²) in [4.78, 5) is 4.63. The van der Waals surface area contributed by atoms with Crippen LogP contribution in [-0.4, -0.2) is 5.71 Å². The first kappa shape index (κ1) is 11.2. The lowest BCUT2D eigenvalue weighted by Crippen LogP contribution is -2.03. The Morgan fingerprint density at radius 1 is 1.43 bits per heavy atom. The molecule has 0 unspecified atom stereocenters. The first-order chi connectivity index (χ1) is 6.56. The average Bonchev–Trinajstić information content (AvgIpc) is 2.95. The van der Waals surface area contributed by atoms with E-state index in [2.05, 4.69) is 38.4 Å². The fourth-order valence-electron chi connectivity index (χ4n) is 1.28. The predicted molar refractivity (Wildman–Crippen MR) is 63.6 cm³/mol. The van der Waals surface area contributed by atoms with Crippen molar-refractivity contribution in [3.63, 3.8) is 0 Å². The zero-order valence-electron chi connectivity index (χ0n) is 9.80. The molecule has 0 heterocycles. The van der Waals surface area contributed by atoms with E-state index in [1.807, 2.05) is 6.92 Å². The Balaban J connectivity index is 2.72. The molecule has 0 aromatic carbocycles. The van der Waals surface area contributed by atoms with E-state index in [0.29, 0.717) is 11.8 Å². The van der Waals surface area contributed by atoms with Crippen molar-refractivity contribution in [2.75, 3.05) is 0 Å². The SMILES string of the molecule is C=C(/C(=C/C)N=C(C)C(C)C)C1CC1. The number of nitrogens with zero attached hydrogens (tertiary/aromatic N) is 1. The van der Waals surface area contributed by atoms with Crippen LogP contribution in [0.5, 0.6) is 0 Å². The van der Waals surface area contributed by atoms with E-state index in [1.165, 1.54) is 24.1 Å². The minimum atomic E-state index is 0.525. The maximum Gasteiger partial charge on any atom is 0.0615 e. The van der Waals surface area contributed by atoms with Gasteiger partial charge in [0.2, 0.25) is 0 Å². The Bertz CT molecular complexity index is 278. The van der Waals surface area contributed by atoms with Crippen LogP contribution in [0.3, 0.4) is 0 Å². The minimum Gasteiger partial charge on any atom is -0.258 e. The van der Waals surface area contributed by atoms with Crippen LogP contribution in [0.25, 0.3) is 0 Å². The van der Waals surface area contributed by atoms with Gasteiger partial charge in [-0.15, -0.1) is 0 Å². The van der Waals surface area contributed by atoms with Crippen molar-refractivity contribution in [2.24, 2.45) is 16.8 Å². The van der Waals surface area contributed by atoms with E-state index in [1.54, 1.807) is 0 Å². The summed E-state index contributed by atoms with van der Waals surface area (Å²) in [6.45, 7) is 12.6. The standard InChI is InChI=1S/C13H21N/c1-6-13(10(4)12-7-8-12)14-11(5)9(2)3/h6,9,12H,4,7-8H2,1-3,5H3/b13-6-,14-11?. The normalized spacial score (nSPS) is 18.9. The first-order valence-electron chi connectivity index (χ1n) is 5.47. The van der Waals surface area contributed by atoms with Crippen LogP contribution in [0.2, 0.25) is 0 Å². The quantitative estimate of drug-likeness (QED) is 0.471. The fraction of sp³-hybridized carbons (Fsp3) is 0.615. The van der Waals surface area contributed by atoms with Crippen molar-refractivity contribution in [1.82, 2.24) is 0 Å². The van der Waals surface area contributed by atoms with Gasteiger partial charge >= 0.3 is 0 Å². The van der Waals surface area contributed by atoms with E-state index in [0.717, 1.165) is 5.70 Å². The molecule has 0 bridgehead atoms. The first-order valence-corrected chi connectivity index (χ1v) is 5.47. The molecule has 0 spiro atoms. The van der Waals surface area contributed by atoms with Gasteiger partial charge in [-0.05, 0) is 44.1 Å². The van der Waals surface area contributed by atoms with Crippen LogP contribution in [0.1, 0.15) is 40.5 Å². The van der Waals surface area contributed by atoms with Crippen LogP contribution >= 0.6 is 0 Å². The van der Waals surface area contributed by atoms with Gasteiger partial charge in [0.25, 0.3) is 0 Å². The van der Waals surface area contributed by atoms with Gasteiger partial charge in [0.1, 0.15) is 0 Å². The van der Waals surface area contributed by atoms with Crippen molar-refractivity contribution in [3.8, 4) is 0 Å². The number of hydrogen-bond donors (Lipinski definition) is 0.